The fraction of sp³-hybridized carbons (Fsp3) is 0.0233. The Kier molecular flexibility index (Phi) is 7.22. The van der Waals surface area contributed by atoms with Crippen molar-refractivity contribution in [1.29, 1.82) is 0 Å². The van der Waals surface area contributed by atoms with Gasteiger partial charge >= 0.3 is 0 Å². The molecule has 0 atom stereocenters. The minimum absolute atomic E-state index is 0. The second-order valence-corrected chi connectivity index (χ2v) is 12.3. The van der Waals surface area contributed by atoms with Crippen molar-refractivity contribution < 1.29 is 25.5 Å². The van der Waals surface area contributed by atoms with Crippen LogP contribution in [0.2, 0.25) is 0 Å². The second-order valence-electron chi connectivity index (χ2n) is 12.3. The molecule has 7 heteroatoms. The van der Waals surface area contributed by atoms with Crippen molar-refractivity contribution in [3.05, 3.63) is 165 Å². The predicted molar refractivity (Wildman–Crippen MR) is 199 cm³/mol. The molecule has 6 nitrogen and oxygen atoms in total. The fourth-order valence-electron chi connectivity index (χ4n) is 7.15. The van der Waals surface area contributed by atoms with Crippen molar-refractivity contribution in [3.8, 4) is 5.82 Å². The zero-order valence-electron chi connectivity index (χ0n) is 26.9. The first kappa shape index (κ1) is 30.2. The van der Waals surface area contributed by atoms with E-state index in [0.29, 0.717) is 0 Å². The van der Waals surface area contributed by atoms with Crippen molar-refractivity contribution in [3.63, 3.8) is 0 Å². The second kappa shape index (κ2) is 11.9. The molecule has 1 aliphatic rings. The van der Waals surface area contributed by atoms with E-state index in [9.17, 15) is 0 Å². The smallest absolute Gasteiger partial charge is 0.159 e. The van der Waals surface area contributed by atoms with Crippen LogP contribution in [0.25, 0.3) is 60.3 Å². The Labute approximate surface area is 303 Å². The molecule has 0 spiro atoms. The molecule has 0 unspecified atom stereocenters. The molecule has 4 heterocycles. The fourth-order valence-corrected chi connectivity index (χ4v) is 7.15. The van der Waals surface area contributed by atoms with Gasteiger partial charge in [-0.3, -0.25) is 0 Å². The number of anilines is 4. The van der Waals surface area contributed by atoms with Crippen LogP contribution in [0.3, 0.4) is 0 Å². The normalized spacial score (nSPS) is 12.9. The minimum atomic E-state index is 0. The number of furan rings is 1. The van der Waals surface area contributed by atoms with Crippen molar-refractivity contribution >= 4 is 77.3 Å². The Morgan fingerprint density at radius 1 is 0.680 bits per heavy atom. The van der Waals surface area contributed by atoms with Crippen LogP contribution in [0.15, 0.2) is 150 Å². The molecular weight excluding hydrogens is 798 g/mol. The van der Waals surface area contributed by atoms with E-state index in [1.165, 1.54) is 0 Å². The van der Waals surface area contributed by atoms with Crippen LogP contribution in [0.5, 0.6) is 0 Å². The molecule has 0 radical (unpaired) electrons. The molecule has 0 aliphatic carbocycles. The number of rotatable bonds is 5. The summed E-state index contributed by atoms with van der Waals surface area (Å²) in [5.74, 6) is 0.840. The van der Waals surface area contributed by atoms with E-state index >= 15 is 0 Å². The van der Waals surface area contributed by atoms with E-state index in [1.807, 2.05) is 67.5 Å². The van der Waals surface area contributed by atoms with E-state index in [1.54, 1.807) is 0 Å². The van der Waals surface area contributed by atoms with E-state index in [2.05, 4.69) is 124 Å². The van der Waals surface area contributed by atoms with Gasteiger partial charge in [0.05, 0.1) is 5.69 Å². The van der Waals surface area contributed by atoms with Crippen molar-refractivity contribution in [2.45, 2.75) is 0 Å². The number of benzene rings is 6. The quantitative estimate of drug-likeness (QED) is 0.162. The first-order valence-electron chi connectivity index (χ1n) is 16.3. The van der Waals surface area contributed by atoms with E-state index in [-0.39, 0.29) is 21.1 Å². The molecule has 0 saturated heterocycles. The van der Waals surface area contributed by atoms with Crippen molar-refractivity contribution in [2.24, 2.45) is 0 Å². The van der Waals surface area contributed by atoms with Crippen molar-refractivity contribution in [1.82, 2.24) is 14.5 Å². The summed E-state index contributed by atoms with van der Waals surface area (Å²) >= 11 is 0. The maximum absolute atomic E-state index is 6.77. The van der Waals surface area contributed by atoms with E-state index in [0.717, 1.165) is 83.1 Å². The van der Waals surface area contributed by atoms with Crippen LogP contribution in [0.1, 0.15) is 0 Å². The molecule has 0 amide bonds. The van der Waals surface area contributed by atoms with Crippen LogP contribution < -0.4 is 9.80 Å². The van der Waals surface area contributed by atoms with Gasteiger partial charge in [0.1, 0.15) is 11.4 Å². The molecule has 10 rings (SSSR count). The summed E-state index contributed by atoms with van der Waals surface area (Å²) < 4.78 is 8.97. The molecule has 6 aromatic carbocycles. The number of para-hydroxylation sites is 2. The molecule has 0 bridgehead atoms. The van der Waals surface area contributed by atoms with Gasteiger partial charge in [0.15, 0.2) is 5.58 Å². The Hall–Kier alpha value is -5.84. The van der Waals surface area contributed by atoms with E-state index in [4.69, 9.17) is 9.40 Å². The molecule has 1 aliphatic heterocycles. The number of nitrogens with zero attached hydrogens (tertiary/aromatic N) is 5. The maximum atomic E-state index is 6.77. The first-order valence-corrected chi connectivity index (χ1v) is 16.3. The molecule has 0 fully saturated rings. The third-order valence-electron chi connectivity index (χ3n) is 9.33. The summed E-state index contributed by atoms with van der Waals surface area (Å²) in [5, 5.41) is 6.59. The third-order valence-corrected chi connectivity index (χ3v) is 9.33. The summed E-state index contributed by atoms with van der Waals surface area (Å²) in [7, 11) is 2.02. The molecule has 3 aromatic heterocycles. The summed E-state index contributed by atoms with van der Waals surface area (Å²) in [6, 6.07) is 51.8. The molecule has 9 aromatic rings. The number of fused-ring (bicyclic) bond motifs is 7. The van der Waals surface area contributed by atoms with E-state index < -0.39 is 0 Å². The Balaban J connectivity index is 0.00000336. The summed E-state index contributed by atoms with van der Waals surface area (Å²) in [5.41, 5.74) is 7.26. The number of pyridine rings is 1. The predicted octanol–water partition coefficient (Wildman–Crippen LogP) is 10.6. The van der Waals surface area contributed by atoms with Gasteiger partial charge in [0, 0.05) is 48.9 Å². The summed E-state index contributed by atoms with van der Waals surface area (Å²) in [6.07, 6.45) is 5.90. The average Bonchev–Trinajstić information content (AvgIpc) is 3.85. The Bertz CT molecular complexity index is 2750. The minimum Gasteiger partial charge on any atom is -0.510 e. The van der Waals surface area contributed by atoms with Gasteiger partial charge < -0.3 is 23.7 Å². The molecule has 50 heavy (non-hydrogen) atoms. The molecule has 0 saturated carbocycles. The van der Waals surface area contributed by atoms with Crippen LogP contribution in [0, 0.1) is 18.8 Å². The number of hydrogen-bond acceptors (Lipinski definition) is 5. The Morgan fingerprint density at radius 2 is 1.46 bits per heavy atom. The SMILES string of the molecule is CN1C=CN(c2[c-]c(N(c3[c-]c4c(cc3)c3ccccc3n4-c3ccccn3)c3c4ccccc4cc4c3oc3ccccc34)ccc2)[CH-]1.[Pt]. The van der Waals surface area contributed by atoms with Gasteiger partial charge in [-0.05, 0) is 60.6 Å². The van der Waals surface area contributed by atoms with Crippen LogP contribution in [-0.2, 0) is 21.1 Å². The van der Waals surface area contributed by atoms with Gasteiger partial charge in [-0.15, -0.1) is 41.4 Å². The molecule has 0 N–H and O–H groups in total. The van der Waals surface area contributed by atoms with Crippen LogP contribution in [0.4, 0.5) is 22.7 Å². The average molecular weight is 826 g/mol. The topological polar surface area (TPSA) is 40.7 Å². The van der Waals surface area contributed by atoms with Crippen molar-refractivity contribution in [2.75, 3.05) is 16.8 Å². The largest absolute Gasteiger partial charge is 0.510 e. The maximum Gasteiger partial charge on any atom is 0.159 e. The number of hydrogen-bond donors (Lipinski definition) is 0. The Morgan fingerprint density at radius 3 is 2.30 bits per heavy atom. The third kappa shape index (κ3) is 4.71. The molecule has 244 valence electrons. The van der Waals surface area contributed by atoms with Gasteiger partial charge in [0.25, 0.3) is 0 Å². The zero-order valence-corrected chi connectivity index (χ0v) is 29.2. The van der Waals surface area contributed by atoms with Gasteiger partial charge in [-0.2, -0.15) is 18.8 Å². The summed E-state index contributed by atoms with van der Waals surface area (Å²) in [6.45, 7) is 2.04. The standard InChI is InChI=1S/C43H28N5O.Pt/c1-45-23-24-46(28-45)30-12-10-13-31(26-30)47(42-33-14-3-2-11-29(33)25-37-36-16-5-7-18-40(36)49-43(37)42)32-20-21-35-34-15-4-6-17-38(34)48(39(35)27-32)41-19-8-9-22-44-41;/h2-25,28H,1H3;/q-3;. The van der Waals surface area contributed by atoms with Crippen LogP contribution >= 0.6 is 0 Å². The summed E-state index contributed by atoms with van der Waals surface area (Å²) in [4.78, 5) is 11.1. The van der Waals surface area contributed by atoms with Gasteiger partial charge in [0.2, 0.25) is 0 Å². The van der Waals surface area contributed by atoms with Crippen LogP contribution in [-0.4, -0.2) is 21.5 Å². The van der Waals surface area contributed by atoms with Gasteiger partial charge in [-0.25, -0.2) is 4.98 Å². The number of aromatic nitrogens is 2. The monoisotopic (exact) mass is 825 g/mol. The molecular formula is C43H28N5OPt-3. The first-order chi connectivity index (χ1) is 24.2. The zero-order chi connectivity index (χ0) is 32.5. The van der Waals surface area contributed by atoms with Gasteiger partial charge in [-0.1, -0.05) is 83.6 Å².